The molecule has 2 heterocycles. The summed E-state index contributed by atoms with van der Waals surface area (Å²) in [5.41, 5.74) is 5.89. The first-order valence-corrected chi connectivity index (χ1v) is 4.28. The molecule has 5 nitrogen and oxygen atoms in total. The minimum Gasteiger partial charge on any atom is -0.364 e. The predicted molar refractivity (Wildman–Crippen MR) is 49.2 cm³/mol. The summed E-state index contributed by atoms with van der Waals surface area (Å²) < 4.78 is 2.35. The Morgan fingerprint density at radius 2 is 2.31 bits per heavy atom. The quantitative estimate of drug-likeness (QED) is 0.793. The maximum absolute atomic E-state index is 10.9. The van der Waals surface area contributed by atoms with E-state index >= 15 is 0 Å². The highest BCUT2D eigenvalue weighted by atomic mass is 79.9. The molecule has 0 aromatic carbocycles. The third-order valence-electron chi connectivity index (χ3n) is 1.61. The van der Waals surface area contributed by atoms with Crippen LogP contribution in [0.1, 0.15) is 10.5 Å². The van der Waals surface area contributed by atoms with E-state index in [1.165, 1.54) is 4.52 Å². The van der Waals surface area contributed by atoms with E-state index in [-0.39, 0.29) is 5.69 Å². The molecule has 0 spiro atoms. The first-order chi connectivity index (χ1) is 6.18. The van der Waals surface area contributed by atoms with Crippen LogP contribution in [-0.4, -0.2) is 20.7 Å². The van der Waals surface area contributed by atoms with Gasteiger partial charge in [0, 0.05) is 10.7 Å². The maximum Gasteiger partial charge on any atom is 0.271 e. The van der Waals surface area contributed by atoms with Crippen LogP contribution in [0.2, 0.25) is 0 Å². The van der Waals surface area contributed by atoms with Crippen molar-refractivity contribution in [3.63, 3.8) is 0 Å². The number of rotatable bonds is 1. The van der Waals surface area contributed by atoms with Crippen molar-refractivity contribution < 1.29 is 4.79 Å². The Kier molecular flexibility index (Phi) is 1.77. The van der Waals surface area contributed by atoms with Crippen LogP contribution in [0.25, 0.3) is 5.52 Å². The molecule has 0 saturated heterocycles. The Bertz CT molecular complexity index is 478. The molecule has 2 aromatic rings. The largest absolute Gasteiger partial charge is 0.364 e. The zero-order chi connectivity index (χ0) is 9.42. The van der Waals surface area contributed by atoms with Crippen molar-refractivity contribution in [2.75, 3.05) is 0 Å². The lowest BCUT2D eigenvalue weighted by atomic mass is 10.3. The highest BCUT2D eigenvalue weighted by Crippen LogP contribution is 2.12. The van der Waals surface area contributed by atoms with Crippen LogP contribution in [0, 0.1) is 0 Å². The highest BCUT2D eigenvalue weighted by molar-refractivity contribution is 9.10. The fourth-order valence-corrected chi connectivity index (χ4v) is 1.37. The summed E-state index contributed by atoms with van der Waals surface area (Å²) in [6, 6.07) is 3.52. The number of carbonyl (C=O) groups is 1. The summed E-state index contributed by atoms with van der Waals surface area (Å²) in [6.45, 7) is 0. The lowest BCUT2D eigenvalue weighted by molar-refractivity contribution is 0.0997. The van der Waals surface area contributed by atoms with E-state index in [0.717, 1.165) is 4.47 Å². The normalized spacial score (nSPS) is 10.5. The minimum absolute atomic E-state index is 0.188. The summed E-state index contributed by atoms with van der Waals surface area (Å²) in [4.78, 5) is 10.9. The van der Waals surface area contributed by atoms with E-state index < -0.39 is 5.91 Å². The lowest BCUT2D eigenvalue weighted by Gasteiger charge is -1.92. The second-order valence-corrected chi connectivity index (χ2v) is 3.40. The molecule has 1 amide bonds. The topological polar surface area (TPSA) is 73.3 Å². The maximum atomic E-state index is 10.9. The Morgan fingerprint density at radius 3 is 3.00 bits per heavy atom. The number of carbonyl (C=O) groups excluding carboxylic acids is 1. The van der Waals surface area contributed by atoms with Crippen molar-refractivity contribution in [3.05, 3.63) is 28.5 Å². The number of aromatic nitrogens is 3. The number of pyridine rings is 1. The monoisotopic (exact) mass is 240 g/mol. The van der Waals surface area contributed by atoms with Crippen LogP contribution < -0.4 is 5.73 Å². The second kappa shape index (κ2) is 2.81. The van der Waals surface area contributed by atoms with Gasteiger partial charge >= 0.3 is 0 Å². The van der Waals surface area contributed by atoms with Gasteiger partial charge in [0.05, 0.1) is 5.52 Å². The number of nitrogens with two attached hydrogens (primary N) is 1. The molecule has 0 aliphatic carbocycles. The van der Waals surface area contributed by atoms with Crippen molar-refractivity contribution in [1.82, 2.24) is 14.8 Å². The molecule has 6 heteroatoms. The summed E-state index contributed by atoms with van der Waals surface area (Å²) in [7, 11) is 0. The first kappa shape index (κ1) is 8.18. The van der Waals surface area contributed by atoms with Gasteiger partial charge in [0.1, 0.15) is 0 Å². The van der Waals surface area contributed by atoms with Crippen molar-refractivity contribution in [1.29, 1.82) is 0 Å². The Labute approximate surface area is 81.7 Å². The molecule has 2 N–H and O–H groups in total. The molecule has 0 unspecified atom stereocenters. The molecular weight excluding hydrogens is 236 g/mol. The fraction of sp³-hybridized carbons (Fsp3) is 0. The minimum atomic E-state index is -0.572. The molecule has 13 heavy (non-hydrogen) atoms. The summed E-state index contributed by atoms with van der Waals surface area (Å²) in [5, 5.41) is 7.39. The number of nitrogens with zero attached hydrogens (tertiary/aromatic N) is 3. The summed E-state index contributed by atoms with van der Waals surface area (Å²) in [6.07, 6.45) is 1.70. The zero-order valence-corrected chi connectivity index (χ0v) is 8.02. The summed E-state index contributed by atoms with van der Waals surface area (Å²) in [5.74, 6) is -0.572. The Balaban J connectivity index is 2.76. The van der Waals surface area contributed by atoms with E-state index in [0.29, 0.717) is 5.52 Å². The van der Waals surface area contributed by atoms with Gasteiger partial charge in [0.15, 0.2) is 5.69 Å². The number of fused-ring (bicyclic) bond motifs is 1. The van der Waals surface area contributed by atoms with Crippen LogP contribution in [0.5, 0.6) is 0 Å². The molecule has 0 fully saturated rings. The van der Waals surface area contributed by atoms with Gasteiger partial charge in [-0.2, -0.15) is 0 Å². The van der Waals surface area contributed by atoms with Crippen LogP contribution >= 0.6 is 15.9 Å². The zero-order valence-electron chi connectivity index (χ0n) is 6.44. The standard InChI is InChI=1S/C7H5BrN4O/c8-4-1-2-5-6(7(9)13)10-11-12(5)3-4/h1-3H,(H2,9,13). The molecule has 2 aromatic heterocycles. The SMILES string of the molecule is NC(=O)c1nnn2cc(Br)ccc12. The van der Waals surface area contributed by atoms with E-state index in [2.05, 4.69) is 26.2 Å². The van der Waals surface area contributed by atoms with Crippen LogP contribution in [0.3, 0.4) is 0 Å². The van der Waals surface area contributed by atoms with Crippen LogP contribution in [0.15, 0.2) is 22.8 Å². The smallest absolute Gasteiger partial charge is 0.271 e. The molecule has 2 rings (SSSR count). The van der Waals surface area contributed by atoms with E-state index in [1.54, 1.807) is 18.3 Å². The fourth-order valence-electron chi connectivity index (χ4n) is 1.05. The number of hydrogen-bond donors (Lipinski definition) is 1. The van der Waals surface area contributed by atoms with Crippen molar-refractivity contribution in [2.45, 2.75) is 0 Å². The van der Waals surface area contributed by atoms with Gasteiger partial charge in [-0.1, -0.05) is 5.21 Å². The first-order valence-electron chi connectivity index (χ1n) is 3.49. The van der Waals surface area contributed by atoms with Crippen molar-refractivity contribution in [2.24, 2.45) is 5.73 Å². The molecule has 0 atom stereocenters. The predicted octanol–water partition coefficient (Wildman–Crippen LogP) is 0.591. The van der Waals surface area contributed by atoms with Gasteiger partial charge in [-0.15, -0.1) is 5.10 Å². The van der Waals surface area contributed by atoms with Crippen LogP contribution in [0.4, 0.5) is 0 Å². The third-order valence-corrected chi connectivity index (χ3v) is 2.08. The van der Waals surface area contributed by atoms with Gasteiger partial charge in [-0.25, -0.2) is 4.52 Å². The molecule has 0 aliphatic heterocycles. The average Bonchev–Trinajstić information content (AvgIpc) is 2.46. The number of primary amides is 1. The lowest BCUT2D eigenvalue weighted by Crippen LogP contribution is -2.11. The number of amides is 1. The third kappa shape index (κ3) is 1.29. The molecule has 0 bridgehead atoms. The van der Waals surface area contributed by atoms with Gasteiger partial charge in [0.2, 0.25) is 0 Å². The Morgan fingerprint density at radius 1 is 1.54 bits per heavy atom. The molecule has 0 radical (unpaired) electrons. The summed E-state index contributed by atoms with van der Waals surface area (Å²) >= 11 is 3.27. The second-order valence-electron chi connectivity index (χ2n) is 2.48. The van der Waals surface area contributed by atoms with E-state index in [9.17, 15) is 4.79 Å². The average molecular weight is 241 g/mol. The Hall–Kier alpha value is -1.43. The molecule has 0 aliphatic rings. The van der Waals surface area contributed by atoms with Gasteiger partial charge in [0.25, 0.3) is 5.91 Å². The van der Waals surface area contributed by atoms with E-state index in [4.69, 9.17) is 5.73 Å². The van der Waals surface area contributed by atoms with Crippen molar-refractivity contribution >= 4 is 27.4 Å². The van der Waals surface area contributed by atoms with Crippen molar-refractivity contribution in [3.8, 4) is 0 Å². The molecule has 66 valence electrons. The van der Waals surface area contributed by atoms with E-state index in [1.807, 2.05) is 0 Å². The number of halogens is 1. The number of hydrogen-bond acceptors (Lipinski definition) is 3. The van der Waals surface area contributed by atoms with Crippen LogP contribution in [-0.2, 0) is 0 Å². The van der Waals surface area contributed by atoms with Gasteiger partial charge in [-0.05, 0) is 28.1 Å². The van der Waals surface area contributed by atoms with Gasteiger partial charge < -0.3 is 5.73 Å². The van der Waals surface area contributed by atoms with Gasteiger partial charge in [-0.3, -0.25) is 4.79 Å². The highest BCUT2D eigenvalue weighted by Gasteiger charge is 2.10. The molecule has 0 saturated carbocycles. The molecular formula is C7H5BrN4O.